The Morgan fingerprint density at radius 3 is 2.56 bits per heavy atom. The van der Waals surface area contributed by atoms with Gasteiger partial charge in [0.15, 0.2) is 0 Å². The van der Waals surface area contributed by atoms with Gasteiger partial charge in [-0.05, 0) is 58.1 Å². The van der Waals surface area contributed by atoms with Gasteiger partial charge >= 0.3 is 6.09 Å². The largest absolute Gasteiger partial charge is 0.444 e. The van der Waals surface area contributed by atoms with E-state index in [0.29, 0.717) is 31.1 Å². The monoisotopic (exact) mass is 377 g/mol. The lowest BCUT2D eigenvalue weighted by Crippen LogP contribution is -2.43. The second-order valence-electron chi connectivity index (χ2n) is 7.78. The average molecular weight is 377 g/mol. The first-order valence-corrected chi connectivity index (χ1v) is 9.16. The normalized spacial score (nSPS) is 17.3. The highest BCUT2D eigenvalue weighted by molar-refractivity contribution is 5.94. The van der Waals surface area contributed by atoms with E-state index in [4.69, 9.17) is 4.74 Å². The Hall–Kier alpha value is -2.64. The van der Waals surface area contributed by atoms with Gasteiger partial charge in [-0.25, -0.2) is 4.79 Å². The maximum absolute atomic E-state index is 12.2. The molecule has 8 heteroatoms. The quantitative estimate of drug-likeness (QED) is 0.626. The predicted molar refractivity (Wildman–Crippen MR) is 101 cm³/mol. The molecule has 1 aliphatic rings. The predicted octanol–water partition coefficient (Wildman–Crippen LogP) is 3.36. The van der Waals surface area contributed by atoms with Gasteiger partial charge in [-0.3, -0.25) is 14.9 Å². The number of likely N-dealkylation sites (tertiary alicyclic amines) is 1. The van der Waals surface area contributed by atoms with E-state index in [0.717, 1.165) is 19.3 Å². The number of nitrogens with zero attached hydrogens (tertiary/aromatic N) is 2. The standard InChI is InChI=1S/C19H27N3O5/c1-19(2,3)27-18(24)21-12-4-5-14(13-21)10-11-20-17(23)15-6-8-16(9-7-15)22(25)26/h6-9,14H,4-5,10-13H2,1-3H3,(H,20,23). The summed E-state index contributed by atoms with van der Waals surface area (Å²) in [6.45, 7) is 7.35. The Balaban J connectivity index is 1.78. The number of carbonyl (C=O) groups is 2. The number of ether oxygens (including phenoxy) is 1. The number of amides is 2. The molecule has 1 atom stereocenters. The topological polar surface area (TPSA) is 102 Å². The average Bonchev–Trinajstić information content (AvgIpc) is 2.60. The maximum atomic E-state index is 12.2. The van der Waals surface area contributed by atoms with Crippen LogP contribution < -0.4 is 5.32 Å². The summed E-state index contributed by atoms with van der Waals surface area (Å²) in [5.41, 5.74) is -0.168. The summed E-state index contributed by atoms with van der Waals surface area (Å²) in [5, 5.41) is 13.5. The van der Waals surface area contributed by atoms with E-state index in [9.17, 15) is 19.7 Å². The van der Waals surface area contributed by atoms with Gasteiger partial charge in [-0.1, -0.05) is 0 Å². The molecule has 0 aromatic heterocycles. The molecule has 0 radical (unpaired) electrons. The van der Waals surface area contributed by atoms with Gasteiger partial charge in [0.2, 0.25) is 0 Å². The van der Waals surface area contributed by atoms with Crippen LogP contribution in [0, 0.1) is 16.0 Å². The van der Waals surface area contributed by atoms with Gasteiger partial charge in [-0.2, -0.15) is 0 Å². The van der Waals surface area contributed by atoms with Crippen LogP contribution in [0.15, 0.2) is 24.3 Å². The van der Waals surface area contributed by atoms with Crippen LogP contribution >= 0.6 is 0 Å². The van der Waals surface area contributed by atoms with Crippen LogP contribution in [0.5, 0.6) is 0 Å². The fourth-order valence-electron chi connectivity index (χ4n) is 3.02. The van der Waals surface area contributed by atoms with Crippen LogP contribution in [0.25, 0.3) is 0 Å². The number of benzene rings is 1. The third-order valence-electron chi connectivity index (χ3n) is 4.35. The molecule has 2 rings (SSSR count). The van der Waals surface area contributed by atoms with Gasteiger partial charge in [0.1, 0.15) is 5.60 Å². The molecule has 1 saturated heterocycles. The van der Waals surface area contributed by atoms with E-state index < -0.39 is 10.5 Å². The van der Waals surface area contributed by atoms with Crippen LogP contribution in [0.2, 0.25) is 0 Å². The molecule has 148 valence electrons. The molecule has 1 aliphatic heterocycles. The first-order valence-electron chi connectivity index (χ1n) is 9.16. The summed E-state index contributed by atoms with van der Waals surface area (Å²) in [7, 11) is 0. The molecule has 8 nitrogen and oxygen atoms in total. The van der Waals surface area contributed by atoms with Crippen LogP contribution in [-0.4, -0.2) is 47.1 Å². The van der Waals surface area contributed by atoms with Gasteiger partial charge in [0, 0.05) is 37.3 Å². The van der Waals surface area contributed by atoms with Crippen molar-refractivity contribution in [3.05, 3.63) is 39.9 Å². The highest BCUT2D eigenvalue weighted by Crippen LogP contribution is 2.21. The van der Waals surface area contributed by atoms with E-state index in [-0.39, 0.29) is 17.7 Å². The summed E-state index contributed by atoms with van der Waals surface area (Å²) in [5.74, 6) is 0.0492. The van der Waals surface area contributed by atoms with Crippen LogP contribution in [-0.2, 0) is 4.74 Å². The van der Waals surface area contributed by atoms with E-state index in [2.05, 4.69) is 5.32 Å². The number of nitrogens with one attached hydrogen (secondary N) is 1. The lowest BCUT2D eigenvalue weighted by molar-refractivity contribution is -0.384. The Morgan fingerprint density at radius 1 is 1.30 bits per heavy atom. The van der Waals surface area contributed by atoms with Crippen molar-refractivity contribution in [2.75, 3.05) is 19.6 Å². The number of nitro groups is 1. The van der Waals surface area contributed by atoms with E-state index in [1.165, 1.54) is 24.3 Å². The molecule has 2 amide bonds. The molecule has 0 saturated carbocycles. The van der Waals surface area contributed by atoms with Crippen LogP contribution in [0.4, 0.5) is 10.5 Å². The second-order valence-corrected chi connectivity index (χ2v) is 7.78. The van der Waals surface area contributed by atoms with Gasteiger partial charge in [-0.15, -0.1) is 0 Å². The van der Waals surface area contributed by atoms with Gasteiger partial charge in [0.05, 0.1) is 4.92 Å². The van der Waals surface area contributed by atoms with Crippen molar-refractivity contribution in [2.24, 2.45) is 5.92 Å². The minimum Gasteiger partial charge on any atom is -0.444 e. The highest BCUT2D eigenvalue weighted by atomic mass is 16.6. The van der Waals surface area contributed by atoms with Crippen molar-refractivity contribution >= 4 is 17.7 Å². The van der Waals surface area contributed by atoms with Crippen molar-refractivity contribution < 1.29 is 19.2 Å². The van der Waals surface area contributed by atoms with Gasteiger partial charge < -0.3 is 15.0 Å². The van der Waals surface area contributed by atoms with E-state index >= 15 is 0 Å². The molecule has 0 aliphatic carbocycles. The zero-order valence-electron chi connectivity index (χ0n) is 16.1. The Kier molecular flexibility index (Phi) is 6.76. The smallest absolute Gasteiger partial charge is 0.410 e. The van der Waals surface area contributed by atoms with Crippen molar-refractivity contribution in [3.63, 3.8) is 0 Å². The lowest BCUT2D eigenvalue weighted by atomic mass is 9.95. The summed E-state index contributed by atoms with van der Waals surface area (Å²) in [4.78, 5) is 36.2. The Bertz CT molecular complexity index is 682. The third kappa shape index (κ3) is 6.54. The maximum Gasteiger partial charge on any atom is 0.410 e. The number of nitro benzene ring substituents is 1. The number of hydrogen-bond donors (Lipinski definition) is 1. The number of rotatable bonds is 5. The minimum atomic E-state index is -0.511. The molecule has 0 bridgehead atoms. The molecule has 27 heavy (non-hydrogen) atoms. The lowest BCUT2D eigenvalue weighted by Gasteiger charge is -2.34. The molecule has 1 N–H and O–H groups in total. The molecule has 1 heterocycles. The fraction of sp³-hybridized carbons (Fsp3) is 0.579. The number of non-ortho nitro benzene ring substituents is 1. The number of hydrogen-bond acceptors (Lipinski definition) is 5. The fourth-order valence-corrected chi connectivity index (χ4v) is 3.02. The molecule has 1 aromatic carbocycles. The molecule has 1 fully saturated rings. The Morgan fingerprint density at radius 2 is 1.96 bits per heavy atom. The summed E-state index contributed by atoms with van der Waals surface area (Å²) in [6.07, 6.45) is 2.40. The molecule has 0 spiro atoms. The first kappa shape index (κ1) is 20.7. The number of piperidine rings is 1. The summed E-state index contributed by atoms with van der Waals surface area (Å²) >= 11 is 0. The van der Waals surface area contributed by atoms with Crippen LogP contribution in [0.3, 0.4) is 0 Å². The molecule has 1 unspecified atom stereocenters. The van der Waals surface area contributed by atoms with Crippen LogP contribution in [0.1, 0.15) is 50.4 Å². The van der Waals surface area contributed by atoms with E-state index in [1.807, 2.05) is 20.8 Å². The van der Waals surface area contributed by atoms with Gasteiger partial charge in [0.25, 0.3) is 11.6 Å². The minimum absolute atomic E-state index is 0.0454. The third-order valence-corrected chi connectivity index (χ3v) is 4.35. The zero-order chi connectivity index (χ0) is 20.0. The van der Waals surface area contributed by atoms with E-state index in [1.54, 1.807) is 4.90 Å². The molecular formula is C19H27N3O5. The molecular weight excluding hydrogens is 350 g/mol. The Labute approximate surface area is 159 Å². The first-order chi connectivity index (χ1) is 12.7. The SMILES string of the molecule is CC(C)(C)OC(=O)N1CCCC(CCNC(=O)c2ccc([N+](=O)[O-])cc2)C1. The van der Waals surface area contributed by atoms with Crippen molar-refractivity contribution in [1.29, 1.82) is 0 Å². The van der Waals surface area contributed by atoms with Crippen molar-refractivity contribution in [1.82, 2.24) is 10.2 Å². The summed E-state index contributed by atoms with van der Waals surface area (Å²) < 4.78 is 5.42. The van der Waals surface area contributed by atoms with Crippen molar-refractivity contribution in [2.45, 2.75) is 45.6 Å². The van der Waals surface area contributed by atoms with Crippen molar-refractivity contribution in [3.8, 4) is 0 Å². The summed E-state index contributed by atoms with van der Waals surface area (Å²) in [6, 6.07) is 5.51. The second kappa shape index (κ2) is 8.83. The highest BCUT2D eigenvalue weighted by Gasteiger charge is 2.27. The molecule has 1 aromatic rings. The zero-order valence-corrected chi connectivity index (χ0v) is 16.1. The number of carbonyl (C=O) groups excluding carboxylic acids is 2.